The molecule has 0 saturated heterocycles. The Morgan fingerprint density at radius 3 is 2.82 bits per heavy atom. The van der Waals surface area contributed by atoms with Crippen LogP contribution in [0.5, 0.6) is 0 Å². The number of rotatable bonds is 5. The number of aromatic nitrogens is 4. The van der Waals surface area contributed by atoms with Gasteiger partial charge in [0, 0.05) is 24.7 Å². The first kappa shape index (κ1) is 18.2. The average molecular weight is 396 g/mol. The zero-order chi connectivity index (χ0) is 19.7. The molecule has 8 heteroatoms. The summed E-state index contributed by atoms with van der Waals surface area (Å²) in [5.74, 6) is -0.501. The van der Waals surface area contributed by atoms with Crippen LogP contribution in [0.2, 0.25) is 5.02 Å². The Balaban J connectivity index is 1.57. The van der Waals surface area contributed by atoms with Gasteiger partial charge in [0.2, 0.25) is 5.43 Å². The van der Waals surface area contributed by atoms with E-state index in [4.69, 9.17) is 11.6 Å². The normalized spacial score (nSPS) is 11.2. The second-order valence-electron chi connectivity index (χ2n) is 6.34. The molecule has 0 aliphatic carbocycles. The van der Waals surface area contributed by atoms with Crippen molar-refractivity contribution in [3.05, 3.63) is 69.7 Å². The molecule has 28 heavy (non-hydrogen) atoms. The maximum absolute atomic E-state index is 12.7. The van der Waals surface area contributed by atoms with Gasteiger partial charge in [-0.2, -0.15) is 5.10 Å². The molecule has 4 aromatic rings. The molecule has 2 heterocycles. The first-order valence-corrected chi connectivity index (χ1v) is 9.34. The lowest BCUT2D eigenvalue weighted by atomic mass is 10.2. The van der Waals surface area contributed by atoms with Gasteiger partial charge >= 0.3 is 0 Å². The molecule has 0 radical (unpaired) electrons. The highest BCUT2D eigenvalue weighted by Gasteiger charge is 2.17. The maximum atomic E-state index is 12.7. The first-order valence-electron chi connectivity index (χ1n) is 8.97. The molecule has 1 amide bonds. The molecule has 0 spiro atoms. The van der Waals surface area contributed by atoms with Crippen molar-refractivity contribution in [3.8, 4) is 0 Å². The van der Waals surface area contributed by atoms with Crippen LogP contribution in [0, 0.1) is 0 Å². The van der Waals surface area contributed by atoms with Crippen molar-refractivity contribution >= 4 is 39.4 Å². The van der Waals surface area contributed by atoms with E-state index in [0.717, 1.165) is 11.0 Å². The second-order valence-corrected chi connectivity index (χ2v) is 6.77. The molecule has 0 fully saturated rings. The van der Waals surface area contributed by atoms with Gasteiger partial charge in [0.1, 0.15) is 0 Å². The number of nitrogens with zero attached hydrogens (tertiary/aromatic N) is 4. The van der Waals surface area contributed by atoms with Crippen LogP contribution >= 0.6 is 11.6 Å². The molecular formula is C20H18ClN5O2. The number of aryl methyl sites for hydroxylation is 1. The lowest BCUT2D eigenvalue weighted by Gasteiger charge is -2.11. The SMILES string of the molecule is CCn1nc(C(=O)NCCn2cnc3ccccc32)c(=O)c2cc(Cl)ccc21. The maximum Gasteiger partial charge on any atom is 0.275 e. The fourth-order valence-corrected chi connectivity index (χ4v) is 3.39. The van der Waals surface area contributed by atoms with Crippen molar-refractivity contribution < 1.29 is 4.79 Å². The van der Waals surface area contributed by atoms with Crippen LogP contribution in [0.3, 0.4) is 0 Å². The van der Waals surface area contributed by atoms with E-state index in [1.165, 1.54) is 0 Å². The van der Waals surface area contributed by atoms with Crippen LogP contribution in [-0.4, -0.2) is 31.8 Å². The Morgan fingerprint density at radius 1 is 1.18 bits per heavy atom. The van der Waals surface area contributed by atoms with Crippen molar-refractivity contribution in [2.45, 2.75) is 20.0 Å². The Kier molecular flexibility index (Phi) is 4.83. The number of imidazole rings is 1. The molecule has 1 N–H and O–H groups in total. The quantitative estimate of drug-likeness (QED) is 0.563. The van der Waals surface area contributed by atoms with Crippen molar-refractivity contribution in [2.75, 3.05) is 6.54 Å². The highest BCUT2D eigenvalue weighted by Crippen LogP contribution is 2.16. The summed E-state index contributed by atoms with van der Waals surface area (Å²) in [5.41, 5.74) is 1.98. The van der Waals surface area contributed by atoms with E-state index in [1.807, 2.05) is 35.8 Å². The number of amides is 1. The second kappa shape index (κ2) is 7.44. The van der Waals surface area contributed by atoms with Gasteiger partial charge in [-0.1, -0.05) is 23.7 Å². The summed E-state index contributed by atoms with van der Waals surface area (Å²) >= 11 is 6.03. The van der Waals surface area contributed by atoms with Crippen LogP contribution in [0.25, 0.3) is 21.9 Å². The largest absolute Gasteiger partial charge is 0.349 e. The number of hydrogen-bond acceptors (Lipinski definition) is 4. The van der Waals surface area contributed by atoms with Gasteiger partial charge in [-0.05, 0) is 37.3 Å². The van der Waals surface area contributed by atoms with E-state index >= 15 is 0 Å². The Hall–Kier alpha value is -3.19. The number of fused-ring (bicyclic) bond motifs is 2. The van der Waals surface area contributed by atoms with Gasteiger partial charge in [0.05, 0.1) is 28.3 Å². The van der Waals surface area contributed by atoms with Crippen molar-refractivity contribution in [3.63, 3.8) is 0 Å². The van der Waals surface area contributed by atoms with Crippen LogP contribution in [0.4, 0.5) is 0 Å². The van der Waals surface area contributed by atoms with Gasteiger partial charge < -0.3 is 9.88 Å². The molecule has 4 rings (SSSR count). The molecule has 142 valence electrons. The van der Waals surface area contributed by atoms with Crippen LogP contribution in [0.1, 0.15) is 17.4 Å². The number of carbonyl (C=O) groups excluding carboxylic acids is 1. The molecule has 0 saturated carbocycles. The lowest BCUT2D eigenvalue weighted by molar-refractivity contribution is 0.0944. The summed E-state index contributed by atoms with van der Waals surface area (Å²) in [4.78, 5) is 29.7. The number of halogens is 1. The molecule has 7 nitrogen and oxygen atoms in total. The van der Waals surface area contributed by atoms with Gasteiger partial charge in [0.15, 0.2) is 5.69 Å². The van der Waals surface area contributed by atoms with Gasteiger partial charge in [0.25, 0.3) is 5.91 Å². The third-order valence-electron chi connectivity index (χ3n) is 4.60. The van der Waals surface area contributed by atoms with E-state index in [2.05, 4.69) is 15.4 Å². The zero-order valence-corrected chi connectivity index (χ0v) is 16.0. The molecule has 0 aliphatic heterocycles. The summed E-state index contributed by atoms with van der Waals surface area (Å²) < 4.78 is 3.58. The lowest BCUT2D eigenvalue weighted by Crippen LogP contribution is -2.33. The smallest absolute Gasteiger partial charge is 0.275 e. The third-order valence-corrected chi connectivity index (χ3v) is 4.83. The standard InChI is InChI=1S/C20H18ClN5O2/c1-2-26-16-8-7-13(21)11-14(16)19(27)18(24-26)20(28)22-9-10-25-12-23-15-5-3-4-6-17(15)25/h3-8,11-12H,2,9-10H2,1H3,(H,22,28). The predicted octanol–water partition coefficient (Wildman–Crippen LogP) is 2.85. The van der Waals surface area contributed by atoms with Crippen molar-refractivity contribution in [1.82, 2.24) is 24.6 Å². The van der Waals surface area contributed by atoms with Crippen molar-refractivity contribution in [1.29, 1.82) is 0 Å². The third kappa shape index (κ3) is 3.25. The average Bonchev–Trinajstić information content (AvgIpc) is 3.12. The Morgan fingerprint density at radius 2 is 2.00 bits per heavy atom. The van der Waals surface area contributed by atoms with E-state index in [9.17, 15) is 9.59 Å². The van der Waals surface area contributed by atoms with Gasteiger partial charge in [-0.3, -0.25) is 14.3 Å². The number of nitrogens with one attached hydrogen (secondary N) is 1. The van der Waals surface area contributed by atoms with Crippen LogP contribution in [0.15, 0.2) is 53.6 Å². The molecule has 0 bridgehead atoms. The Labute approximate surface area is 165 Å². The minimum atomic E-state index is -0.501. The van der Waals surface area contributed by atoms with Crippen LogP contribution in [-0.2, 0) is 13.1 Å². The molecule has 0 unspecified atom stereocenters. The topological polar surface area (TPSA) is 81.8 Å². The summed E-state index contributed by atoms with van der Waals surface area (Å²) in [6.45, 7) is 3.31. The first-order chi connectivity index (χ1) is 13.6. The van der Waals surface area contributed by atoms with Gasteiger partial charge in [-0.15, -0.1) is 0 Å². The number of para-hydroxylation sites is 2. The molecule has 0 aliphatic rings. The summed E-state index contributed by atoms with van der Waals surface area (Å²) in [6.07, 6.45) is 1.73. The molecule has 0 atom stereocenters. The minimum absolute atomic E-state index is 0.132. The minimum Gasteiger partial charge on any atom is -0.349 e. The van der Waals surface area contributed by atoms with E-state index in [-0.39, 0.29) is 5.69 Å². The summed E-state index contributed by atoms with van der Waals surface area (Å²) in [7, 11) is 0. The molecular weight excluding hydrogens is 378 g/mol. The number of benzene rings is 2. The fraction of sp³-hybridized carbons (Fsp3) is 0.200. The summed E-state index contributed by atoms with van der Waals surface area (Å²) in [5, 5.41) is 7.85. The highest BCUT2D eigenvalue weighted by atomic mass is 35.5. The van der Waals surface area contributed by atoms with Gasteiger partial charge in [-0.25, -0.2) is 4.98 Å². The van der Waals surface area contributed by atoms with Crippen molar-refractivity contribution in [2.24, 2.45) is 0 Å². The predicted molar refractivity (Wildman–Crippen MR) is 109 cm³/mol. The molecule has 2 aromatic carbocycles. The zero-order valence-electron chi connectivity index (χ0n) is 15.2. The van der Waals surface area contributed by atoms with E-state index in [1.54, 1.807) is 29.2 Å². The van der Waals surface area contributed by atoms with E-state index < -0.39 is 11.3 Å². The van der Waals surface area contributed by atoms with E-state index in [0.29, 0.717) is 35.6 Å². The fourth-order valence-electron chi connectivity index (χ4n) is 3.21. The number of hydrogen-bond donors (Lipinski definition) is 1. The Bertz CT molecular complexity index is 1240. The monoisotopic (exact) mass is 395 g/mol. The van der Waals surface area contributed by atoms with Crippen LogP contribution < -0.4 is 10.7 Å². The summed E-state index contributed by atoms with van der Waals surface area (Å²) in [6, 6.07) is 12.8. The number of carbonyl (C=O) groups is 1. The highest BCUT2D eigenvalue weighted by molar-refractivity contribution is 6.31. The molecule has 2 aromatic heterocycles.